The molecule has 3 aliphatic carbocycles. The van der Waals surface area contributed by atoms with Crippen molar-refractivity contribution in [2.45, 2.75) is 328 Å². The lowest BCUT2D eigenvalue weighted by atomic mass is 9.99. The van der Waals surface area contributed by atoms with E-state index < -0.39 is 0 Å². The highest BCUT2D eigenvalue weighted by atomic mass is 16.5. The second kappa shape index (κ2) is 52.8. The number of nitrogens with one attached hydrogen (secondary N) is 1. The molecule has 20 heteroatoms. The second-order valence-corrected chi connectivity index (χ2v) is 43.5. The number of rotatable bonds is 26. The summed E-state index contributed by atoms with van der Waals surface area (Å²) in [7, 11) is 8.60. The fourth-order valence-electron chi connectivity index (χ4n) is 20.3. The van der Waals surface area contributed by atoms with Gasteiger partial charge in [-0.2, -0.15) is 4.99 Å². The van der Waals surface area contributed by atoms with Crippen LogP contribution < -0.4 is 35.2 Å². The van der Waals surface area contributed by atoms with Crippen molar-refractivity contribution in [3.8, 4) is 5.88 Å². The van der Waals surface area contributed by atoms with E-state index in [9.17, 15) is 4.79 Å². The first kappa shape index (κ1) is 105. The quantitative estimate of drug-likeness (QED) is 0.0539. The van der Waals surface area contributed by atoms with E-state index in [0.29, 0.717) is 71.7 Å². The van der Waals surface area contributed by atoms with Crippen LogP contribution in [0.2, 0.25) is 0 Å². The van der Waals surface area contributed by atoms with Gasteiger partial charge < -0.3 is 48.9 Å². The largest absolute Gasteiger partial charge is 0.474 e. The smallest absolute Gasteiger partial charge is 0.293 e. The van der Waals surface area contributed by atoms with Crippen LogP contribution in [0.25, 0.3) is 10.9 Å². The van der Waals surface area contributed by atoms with E-state index in [1.54, 1.807) is 0 Å². The summed E-state index contributed by atoms with van der Waals surface area (Å²) in [4.78, 5) is 62.9. The van der Waals surface area contributed by atoms with Crippen LogP contribution >= 0.6 is 0 Å². The Hall–Kier alpha value is -9.79. The second-order valence-electron chi connectivity index (χ2n) is 43.5. The van der Waals surface area contributed by atoms with Gasteiger partial charge in [0.05, 0.1) is 41.5 Å². The summed E-state index contributed by atoms with van der Waals surface area (Å²) in [5, 5.41) is 4.17. The SMILES string of the molecule is CC(C)Cc1ccc(N(C)C2CCCC2)nc1.CC(C)Cc1ccc(N(C)C2CCCC2)nc1.CC(C)Cc1ccc(N(C)C2CCNC2)nc1.CC(C)Cc1ccc(N(C)C2CCOC2)nc1.CC(C)Cc1ccc(OC2CCCC2)nc1.CC(C)Cc1ccc2c(c1)CN1CCCC1=N2.CC(C)Cc1ccc2c(c1)CN1CCOC1=N2.CC(C)Cc1ccc2nc3n(c(=O)c2c1)CCC3. The van der Waals surface area contributed by atoms with E-state index in [2.05, 4.69) is 306 Å². The lowest BCUT2D eigenvalue weighted by molar-refractivity contribution is 0.193. The number of hydrogen-bond donors (Lipinski definition) is 1. The number of pyridine rings is 5. The van der Waals surface area contributed by atoms with E-state index in [0.717, 1.165) is 193 Å². The topological polar surface area (TPSA) is 183 Å². The molecule has 10 aliphatic rings. The van der Waals surface area contributed by atoms with E-state index in [1.165, 1.54) is 170 Å². The molecule has 0 amide bonds. The van der Waals surface area contributed by atoms with Crippen molar-refractivity contribution in [2.75, 3.05) is 93.8 Å². The van der Waals surface area contributed by atoms with Crippen LogP contribution in [-0.2, 0) is 86.9 Å². The molecule has 20 nitrogen and oxygen atoms in total. The third kappa shape index (κ3) is 32.7. The van der Waals surface area contributed by atoms with Gasteiger partial charge in [-0.3, -0.25) is 9.36 Å². The molecule has 13 heterocycles. The van der Waals surface area contributed by atoms with Gasteiger partial charge in [-0.25, -0.2) is 34.9 Å². The molecule has 2 atom stereocenters. The van der Waals surface area contributed by atoms with Crippen LogP contribution in [0, 0.1) is 47.3 Å². The zero-order valence-electron chi connectivity index (χ0n) is 87.2. The normalized spacial score (nSPS) is 17.5. The minimum atomic E-state index is 0.137. The van der Waals surface area contributed by atoms with Crippen LogP contribution in [0.15, 0.2) is 161 Å². The Balaban J connectivity index is 0.000000140. The summed E-state index contributed by atoms with van der Waals surface area (Å²) < 4.78 is 18.6. The fourth-order valence-corrected chi connectivity index (χ4v) is 20.3. The molecule has 7 aliphatic heterocycles. The molecule has 7 fully saturated rings. The molecule has 6 aromatic heterocycles. The predicted octanol–water partition coefficient (Wildman–Crippen LogP) is 24.3. The maximum atomic E-state index is 12.4. The number of aromatic nitrogens is 7. The fraction of sp³-hybridized carbons (Fsp3) is 0.595. The average molecular weight is 1850 g/mol. The Morgan fingerprint density at radius 3 is 1.24 bits per heavy atom. The van der Waals surface area contributed by atoms with E-state index in [-0.39, 0.29) is 5.56 Å². The van der Waals surface area contributed by atoms with Gasteiger partial charge in [-0.05, 0) is 286 Å². The van der Waals surface area contributed by atoms with Gasteiger partial charge in [0.15, 0.2) is 0 Å². The number of benzene rings is 3. The third-order valence-corrected chi connectivity index (χ3v) is 27.4. The minimum Gasteiger partial charge on any atom is -0.474 e. The van der Waals surface area contributed by atoms with Crippen LogP contribution in [0.3, 0.4) is 0 Å². The van der Waals surface area contributed by atoms with Crippen LogP contribution in [0.5, 0.6) is 5.88 Å². The van der Waals surface area contributed by atoms with Gasteiger partial charge in [0.1, 0.15) is 47.6 Å². The number of likely N-dealkylation sites (N-methyl/N-ethyl adjacent to an activating group) is 2. The Morgan fingerprint density at radius 2 is 0.809 bits per heavy atom. The first-order chi connectivity index (χ1) is 65.5. The minimum absolute atomic E-state index is 0.137. The number of aryl methyl sites for hydroxylation is 1. The lowest BCUT2D eigenvalue weighted by Crippen LogP contribution is -2.33. The van der Waals surface area contributed by atoms with Crippen LogP contribution in [-0.4, -0.2) is 161 Å². The summed E-state index contributed by atoms with van der Waals surface area (Å²) in [5.41, 5.74) is 16.8. The monoisotopic (exact) mass is 1850 g/mol. The van der Waals surface area contributed by atoms with Crippen molar-refractivity contribution < 1.29 is 14.2 Å². The molecule has 1 N–H and O–H groups in total. The van der Waals surface area contributed by atoms with Crippen molar-refractivity contribution in [3.05, 3.63) is 218 Å². The summed E-state index contributed by atoms with van der Waals surface area (Å²) in [5.74, 6) is 12.9. The molecule has 0 bridgehead atoms. The summed E-state index contributed by atoms with van der Waals surface area (Å²) in [6.45, 7) is 45.5. The molecule has 738 valence electrons. The van der Waals surface area contributed by atoms with Crippen molar-refractivity contribution in [3.63, 3.8) is 0 Å². The zero-order valence-corrected chi connectivity index (χ0v) is 87.2. The molecule has 19 rings (SSSR count). The Bertz CT molecular complexity index is 4800. The van der Waals surface area contributed by atoms with E-state index >= 15 is 0 Å². The van der Waals surface area contributed by atoms with E-state index in [4.69, 9.17) is 19.2 Å². The number of nitrogens with zero attached hydrogens (tertiary/aromatic N) is 15. The number of aliphatic imine (C=N–C) groups is 2. The van der Waals surface area contributed by atoms with Gasteiger partial charge >= 0.3 is 0 Å². The van der Waals surface area contributed by atoms with Crippen molar-refractivity contribution in [1.82, 2.24) is 49.6 Å². The van der Waals surface area contributed by atoms with Gasteiger partial charge in [0.25, 0.3) is 11.6 Å². The molecular weight excluding hydrogens is 1680 g/mol. The molecule has 0 radical (unpaired) electrons. The zero-order chi connectivity index (χ0) is 96.7. The molecular formula is C116H170N16O4. The Kier molecular flexibility index (Phi) is 40.8. The van der Waals surface area contributed by atoms with Crippen molar-refractivity contribution in [1.29, 1.82) is 0 Å². The number of ether oxygens (including phenoxy) is 3. The van der Waals surface area contributed by atoms with Gasteiger partial charge in [0, 0.05) is 136 Å². The van der Waals surface area contributed by atoms with Crippen molar-refractivity contribution >= 4 is 57.4 Å². The van der Waals surface area contributed by atoms with Gasteiger partial charge in [-0.1, -0.05) is 197 Å². The van der Waals surface area contributed by atoms with E-state index in [1.807, 2.05) is 53.8 Å². The van der Waals surface area contributed by atoms with Gasteiger partial charge in [0.2, 0.25) is 5.88 Å². The molecule has 0 spiro atoms. The predicted molar refractivity (Wildman–Crippen MR) is 568 cm³/mol. The summed E-state index contributed by atoms with van der Waals surface area (Å²) >= 11 is 0. The molecule has 3 saturated carbocycles. The molecule has 3 aromatic carbocycles. The Labute approximate surface area is 819 Å². The molecule has 9 aromatic rings. The number of fused-ring (bicyclic) bond motifs is 6. The molecule has 136 heavy (non-hydrogen) atoms. The standard InChI is InChI=1S/C15H18N2O.C15H20N2.2C15H24N2.C14H23N3.C14H18N2O.C14H22N2O.C14H21NO/c1-10(2)8-11-5-6-13-12(9-11)15(18)17-7-3-4-14(17)16-13;1-11(2)8-12-5-6-14-13(9-12)10-17-7-3-4-15(17)16-14;2*1-12(2)10-13-8-9-15(16-11-13)17(3)14-6-4-5-7-14;1-11(2)8-12-4-5-14(16-9-12)17(3)13-6-7-15-10-13;1-10(2)7-11-3-4-13-12(8-11)9-16-5-6-17-14(16)15-13;1-11(2)8-12-4-5-14(15-9-12)16(3)13-6-7-17-10-13;1-11(2)9-12-7-8-14(15-10-12)16-13-5-3-4-6-13/h5-6,9-10H,3-4,7-8H2,1-2H3;5-6,9,11H,3-4,7-8,10H2,1-2H3;2*8-9,11-12,14H,4-7,10H2,1-3H3;4-5,9,11,13,15H,6-8,10H2,1-3H3;3-4,8,10H,5-7,9H2,1-2H3;4-5,9,11,13H,6-8,10H2,1-3H3;7-8,10-11,13H,3-6,9H2,1-2H3. The highest BCUT2D eigenvalue weighted by molar-refractivity contribution is 5.88. The maximum Gasteiger partial charge on any atom is 0.293 e. The molecule has 4 saturated heterocycles. The summed E-state index contributed by atoms with van der Waals surface area (Å²) in [6, 6.07) is 44.5. The highest BCUT2D eigenvalue weighted by Crippen LogP contribution is 2.35. The van der Waals surface area contributed by atoms with Crippen LogP contribution in [0.4, 0.5) is 34.6 Å². The highest BCUT2D eigenvalue weighted by Gasteiger charge is 2.30. The number of hydrogen-bond acceptors (Lipinski definition) is 19. The third-order valence-electron chi connectivity index (χ3n) is 27.4. The number of amidine groups is 2. The lowest BCUT2D eigenvalue weighted by Gasteiger charge is -2.25. The first-order valence-electron chi connectivity index (χ1n) is 52.7. The average Bonchev–Trinajstić information content (AvgIpc) is 1.55. The first-order valence-corrected chi connectivity index (χ1v) is 52.7. The van der Waals surface area contributed by atoms with Crippen molar-refractivity contribution in [2.24, 2.45) is 57.3 Å². The maximum absolute atomic E-state index is 12.4. The number of anilines is 4. The molecule has 2 unspecified atom stereocenters. The summed E-state index contributed by atoms with van der Waals surface area (Å²) in [6.07, 6.45) is 41.8. The van der Waals surface area contributed by atoms with Crippen LogP contribution in [0.1, 0.15) is 281 Å². The Morgan fingerprint density at radius 1 is 0.397 bits per heavy atom. The van der Waals surface area contributed by atoms with Gasteiger partial charge in [-0.15, -0.1) is 0 Å².